The molecule has 5 heteroatoms. The maximum atomic E-state index is 12.2. The van der Waals surface area contributed by atoms with Crippen molar-refractivity contribution in [1.82, 2.24) is 10.3 Å². The monoisotopic (exact) mass is 348 g/mol. The first kappa shape index (κ1) is 15.5. The van der Waals surface area contributed by atoms with Crippen LogP contribution in [0.15, 0.2) is 47.1 Å². The Morgan fingerprint density at radius 2 is 2.00 bits per heavy atom. The number of benzene rings is 1. The van der Waals surface area contributed by atoms with Crippen molar-refractivity contribution < 1.29 is 9.53 Å². The molecule has 0 bridgehead atoms. The lowest BCUT2D eigenvalue weighted by atomic mass is 10.0. The van der Waals surface area contributed by atoms with E-state index in [1.807, 2.05) is 31.2 Å². The number of nitrogens with one attached hydrogen (secondary N) is 1. The standard InChI is InChI=1S/C16H17BrN2O2/c1-3-14(11-4-7-13(21-2)8-5-11)19-16(20)15-9-6-12(17)10-18-15/h4-10,14H,3H2,1-2H3,(H,19,20). The van der Waals surface area contributed by atoms with Crippen LogP contribution in [0.1, 0.15) is 35.4 Å². The first-order valence-corrected chi connectivity index (χ1v) is 7.49. The number of ether oxygens (including phenoxy) is 1. The molecule has 2 aromatic rings. The lowest BCUT2D eigenvalue weighted by Crippen LogP contribution is -2.28. The topological polar surface area (TPSA) is 51.2 Å². The fourth-order valence-corrected chi connectivity index (χ4v) is 2.23. The van der Waals surface area contributed by atoms with Crippen molar-refractivity contribution in [2.45, 2.75) is 19.4 Å². The van der Waals surface area contributed by atoms with E-state index in [1.54, 1.807) is 25.4 Å². The Labute approximate surface area is 132 Å². The Bertz CT molecular complexity index is 597. The normalized spacial score (nSPS) is 11.8. The Hall–Kier alpha value is -1.88. The zero-order chi connectivity index (χ0) is 15.2. The Morgan fingerprint density at radius 3 is 2.52 bits per heavy atom. The van der Waals surface area contributed by atoms with Crippen molar-refractivity contribution in [2.75, 3.05) is 7.11 Å². The summed E-state index contributed by atoms with van der Waals surface area (Å²) in [6.07, 6.45) is 2.41. The molecule has 0 spiro atoms. The van der Waals surface area contributed by atoms with Gasteiger partial charge in [-0.15, -0.1) is 0 Å². The summed E-state index contributed by atoms with van der Waals surface area (Å²) in [5.74, 6) is 0.625. The van der Waals surface area contributed by atoms with Crippen LogP contribution in [0.4, 0.5) is 0 Å². The SMILES string of the molecule is CCC(NC(=O)c1ccc(Br)cn1)c1ccc(OC)cc1. The number of carbonyl (C=O) groups excluding carboxylic acids is 1. The second kappa shape index (κ2) is 7.22. The summed E-state index contributed by atoms with van der Waals surface area (Å²) in [4.78, 5) is 16.3. The number of amides is 1. The smallest absolute Gasteiger partial charge is 0.270 e. The first-order chi connectivity index (χ1) is 10.1. The molecular weight excluding hydrogens is 332 g/mol. The third-order valence-corrected chi connectivity index (χ3v) is 3.66. The molecule has 0 radical (unpaired) electrons. The second-order valence-electron chi connectivity index (χ2n) is 4.57. The number of hydrogen-bond acceptors (Lipinski definition) is 3. The third kappa shape index (κ3) is 4.04. The van der Waals surface area contributed by atoms with Gasteiger partial charge in [0.2, 0.25) is 0 Å². The zero-order valence-corrected chi connectivity index (χ0v) is 13.6. The van der Waals surface area contributed by atoms with Crippen LogP contribution in [0.3, 0.4) is 0 Å². The molecule has 1 heterocycles. The molecule has 0 saturated carbocycles. The van der Waals surface area contributed by atoms with Gasteiger partial charge < -0.3 is 10.1 Å². The van der Waals surface area contributed by atoms with Crippen LogP contribution in [-0.2, 0) is 0 Å². The van der Waals surface area contributed by atoms with E-state index in [-0.39, 0.29) is 11.9 Å². The Balaban J connectivity index is 2.10. The maximum Gasteiger partial charge on any atom is 0.270 e. The molecule has 1 aromatic heterocycles. The predicted octanol–water partition coefficient (Wildman–Crippen LogP) is 3.73. The molecule has 1 aromatic carbocycles. The number of nitrogens with zero attached hydrogens (tertiary/aromatic N) is 1. The van der Waals surface area contributed by atoms with E-state index in [4.69, 9.17) is 4.74 Å². The van der Waals surface area contributed by atoms with Gasteiger partial charge in [0.25, 0.3) is 5.91 Å². The molecule has 1 amide bonds. The fraction of sp³-hybridized carbons (Fsp3) is 0.250. The number of carbonyl (C=O) groups is 1. The number of rotatable bonds is 5. The lowest BCUT2D eigenvalue weighted by molar-refractivity contribution is 0.0930. The van der Waals surface area contributed by atoms with E-state index in [9.17, 15) is 4.79 Å². The van der Waals surface area contributed by atoms with Crippen LogP contribution in [0.5, 0.6) is 5.75 Å². The molecule has 1 unspecified atom stereocenters. The molecule has 1 N–H and O–H groups in total. The molecule has 0 aliphatic heterocycles. The molecule has 0 aliphatic rings. The van der Waals surface area contributed by atoms with E-state index in [2.05, 4.69) is 26.2 Å². The average Bonchev–Trinajstić information content (AvgIpc) is 2.53. The van der Waals surface area contributed by atoms with Crippen LogP contribution < -0.4 is 10.1 Å². The zero-order valence-electron chi connectivity index (χ0n) is 12.0. The summed E-state index contributed by atoms with van der Waals surface area (Å²) in [5, 5.41) is 3.00. The number of aromatic nitrogens is 1. The van der Waals surface area contributed by atoms with Crippen LogP contribution in [-0.4, -0.2) is 18.0 Å². The van der Waals surface area contributed by atoms with E-state index < -0.39 is 0 Å². The largest absolute Gasteiger partial charge is 0.497 e. The number of pyridine rings is 1. The average molecular weight is 349 g/mol. The van der Waals surface area contributed by atoms with E-state index in [0.717, 1.165) is 22.2 Å². The summed E-state index contributed by atoms with van der Waals surface area (Å²) < 4.78 is 5.99. The molecule has 0 fully saturated rings. The summed E-state index contributed by atoms with van der Waals surface area (Å²) in [5.41, 5.74) is 1.45. The van der Waals surface area contributed by atoms with E-state index in [0.29, 0.717) is 5.69 Å². The fourth-order valence-electron chi connectivity index (χ4n) is 2.00. The number of halogens is 1. The molecular formula is C16H17BrN2O2. The minimum Gasteiger partial charge on any atom is -0.497 e. The van der Waals surface area contributed by atoms with Gasteiger partial charge in [0, 0.05) is 10.7 Å². The van der Waals surface area contributed by atoms with Crippen molar-refractivity contribution in [3.63, 3.8) is 0 Å². The highest BCUT2D eigenvalue weighted by molar-refractivity contribution is 9.10. The van der Waals surface area contributed by atoms with Gasteiger partial charge in [0.15, 0.2) is 0 Å². The summed E-state index contributed by atoms with van der Waals surface area (Å²) in [6, 6.07) is 11.2. The van der Waals surface area contributed by atoms with Gasteiger partial charge in [0.1, 0.15) is 11.4 Å². The Morgan fingerprint density at radius 1 is 1.29 bits per heavy atom. The highest BCUT2D eigenvalue weighted by Gasteiger charge is 2.15. The number of methoxy groups -OCH3 is 1. The van der Waals surface area contributed by atoms with Gasteiger partial charge in [-0.1, -0.05) is 19.1 Å². The maximum absolute atomic E-state index is 12.2. The van der Waals surface area contributed by atoms with Crippen molar-refractivity contribution in [3.8, 4) is 5.75 Å². The minimum absolute atomic E-state index is 0.0474. The van der Waals surface area contributed by atoms with Gasteiger partial charge in [-0.05, 0) is 52.2 Å². The number of hydrogen-bond donors (Lipinski definition) is 1. The molecule has 0 aliphatic carbocycles. The third-order valence-electron chi connectivity index (χ3n) is 3.19. The molecule has 0 saturated heterocycles. The van der Waals surface area contributed by atoms with Gasteiger partial charge in [-0.2, -0.15) is 0 Å². The van der Waals surface area contributed by atoms with Crippen LogP contribution >= 0.6 is 15.9 Å². The second-order valence-corrected chi connectivity index (χ2v) is 5.48. The van der Waals surface area contributed by atoms with Crippen molar-refractivity contribution in [1.29, 1.82) is 0 Å². The minimum atomic E-state index is -0.176. The van der Waals surface area contributed by atoms with Gasteiger partial charge in [-0.3, -0.25) is 4.79 Å². The highest BCUT2D eigenvalue weighted by atomic mass is 79.9. The summed E-state index contributed by atoms with van der Waals surface area (Å²) in [6.45, 7) is 2.03. The molecule has 110 valence electrons. The summed E-state index contributed by atoms with van der Waals surface area (Å²) in [7, 11) is 1.63. The molecule has 4 nitrogen and oxygen atoms in total. The van der Waals surface area contributed by atoms with Crippen molar-refractivity contribution >= 4 is 21.8 Å². The van der Waals surface area contributed by atoms with Crippen molar-refractivity contribution in [2.24, 2.45) is 0 Å². The van der Waals surface area contributed by atoms with Gasteiger partial charge in [0.05, 0.1) is 13.2 Å². The van der Waals surface area contributed by atoms with Crippen molar-refractivity contribution in [3.05, 3.63) is 58.3 Å². The van der Waals surface area contributed by atoms with Gasteiger partial charge >= 0.3 is 0 Å². The quantitative estimate of drug-likeness (QED) is 0.895. The molecule has 2 rings (SSSR count). The lowest BCUT2D eigenvalue weighted by Gasteiger charge is -2.17. The van der Waals surface area contributed by atoms with E-state index in [1.165, 1.54) is 0 Å². The molecule has 21 heavy (non-hydrogen) atoms. The van der Waals surface area contributed by atoms with Gasteiger partial charge in [-0.25, -0.2) is 4.98 Å². The highest BCUT2D eigenvalue weighted by Crippen LogP contribution is 2.20. The predicted molar refractivity (Wildman–Crippen MR) is 85.4 cm³/mol. The van der Waals surface area contributed by atoms with Crippen LogP contribution in [0, 0.1) is 0 Å². The Kier molecular flexibility index (Phi) is 5.33. The van der Waals surface area contributed by atoms with Crippen LogP contribution in [0.2, 0.25) is 0 Å². The molecule has 1 atom stereocenters. The first-order valence-electron chi connectivity index (χ1n) is 6.70. The van der Waals surface area contributed by atoms with E-state index >= 15 is 0 Å². The van der Waals surface area contributed by atoms with Crippen LogP contribution in [0.25, 0.3) is 0 Å². The summed E-state index contributed by atoms with van der Waals surface area (Å²) >= 11 is 3.30.